The predicted octanol–water partition coefficient (Wildman–Crippen LogP) is 3.03. The molecule has 1 aliphatic heterocycles. The number of nitrogens with one attached hydrogen (secondary N) is 1. The average Bonchev–Trinajstić information content (AvgIpc) is 3.01. The van der Waals surface area contributed by atoms with E-state index in [1.807, 2.05) is 0 Å². The first-order valence-corrected chi connectivity index (χ1v) is 8.71. The molecule has 1 aromatic heterocycles. The summed E-state index contributed by atoms with van der Waals surface area (Å²) < 4.78 is 5.66. The normalized spacial score (nSPS) is 31.3. The number of hydrogen-bond donors (Lipinski definition) is 1. The van der Waals surface area contributed by atoms with Gasteiger partial charge in [-0.15, -0.1) is 0 Å². The zero-order chi connectivity index (χ0) is 15.6. The Morgan fingerprint density at radius 2 is 2.05 bits per heavy atom. The summed E-state index contributed by atoms with van der Waals surface area (Å²) in [6, 6.07) is 0.247. The van der Waals surface area contributed by atoms with Crippen LogP contribution < -0.4 is 0 Å². The Kier molecular flexibility index (Phi) is 4.83. The molecule has 1 N–H and O–H groups in total. The van der Waals surface area contributed by atoms with Crippen molar-refractivity contribution in [3.63, 3.8) is 0 Å². The molecule has 22 heavy (non-hydrogen) atoms. The summed E-state index contributed by atoms with van der Waals surface area (Å²) >= 11 is 0. The van der Waals surface area contributed by atoms with Crippen LogP contribution in [0.4, 0.5) is 0 Å². The molecule has 1 atom stereocenters. The molecule has 1 aromatic rings. The van der Waals surface area contributed by atoms with E-state index in [2.05, 4.69) is 40.9 Å². The fourth-order valence-corrected chi connectivity index (χ4v) is 4.03. The molecule has 1 unspecified atom stereocenters. The predicted molar refractivity (Wildman–Crippen MR) is 86.4 cm³/mol. The maximum atomic E-state index is 5.66. The quantitative estimate of drug-likeness (QED) is 0.932. The fraction of sp³-hybridized carbons (Fsp3) is 0.882. The molecule has 0 bridgehead atoms. The lowest BCUT2D eigenvalue weighted by atomic mass is 9.70. The van der Waals surface area contributed by atoms with Crippen LogP contribution in [-0.2, 0) is 4.74 Å². The molecule has 1 aliphatic carbocycles. The van der Waals surface area contributed by atoms with Crippen molar-refractivity contribution in [3.8, 4) is 0 Å². The molecule has 124 valence electrons. The first-order chi connectivity index (χ1) is 10.5. The molecule has 2 fully saturated rings. The van der Waals surface area contributed by atoms with Crippen LogP contribution in [0.3, 0.4) is 0 Å². The molecule has 0 aromatic carbocycles. The molecule has 2 aliphatic rings. The standard InChI is InChI=1S/C17H30N4O/c1-17(2,3)14-6-4-13(5-7-14)10-21-8-9-22-11-15(21)16-18-12-19-20-16/h12-15H,4-11H2,1-3H3,(H,18,19,20). The van der Waals surface area contributed by atoms with Gasteiger partial charge in [0.1, 0.15) is 12.2 Å². The third-order valence-corrected chi connectivity index (χ3v) is 5.55. The Balaban J connectivity index is 1.56. The highest BCUT2D eigenvalue weighted by atomic mass is 16.5. The van der Waals surface area contributed by atoms with E-state index in [1.54, 1.807) is 6.33 Å². The summed E-state index contributed by atoms with van der Waals surface area (Å²) in [7, 11) is 0. The van der Waals surface area contributed by atoms with E-state index in [0.29, 0.717) is 5.41 Å². The largest absolute Gasteiger partial charge is 0.378 e. The number of nitrogens with zero attached hydrogens (tertiary/aromatic N) is 3. The monoisotopic (exact) mass is 306 g/mol. The number of aromatic amines is 1. The highest BCUT2D eigenvalue weighted by Gasteiger charge is 2.33. The van der Waals surface area contributed by atoms with Crippen LogP contribution in [0, 0.1) is 17.3 Å². The van der Waals surface area contributed by atoms with Crippen molar-refractivity contribution in [1.29, 1.82) is 0 Å². The van der Waals surface area contributed by atoms with Gasteiger partial charge in [0, 0.05) is 13.1 Å². The van der Waals surface area contributed by atoms with Crippen molar-refractivity contribution >= 4 is 0 Å². The lowest BCUT2D eigenvalue weighted by molar-refractivity contribution is -0.0231. The van der Waals surface area contributed by atoms with Crippen molar-refractivity contribution in [2.75, 3.05) is 26.3 Å². The van der Waals surface area contributed by atoms with E-state index in [9.17, 15) is 0 Å². The van der Waals surface area contributed by atoms with E-state index in [4.69, 9.17) is 4.74 Å². The zero-order valence-electron chi connectivity index (χ0n) is 14.2. The summed E-state index contributed by atoms with van der Waals surface area (Å²) in [6.45, 7) is 10.9. The van der Waals surface area contributed by atoms with E-state index in [0.717, 1.165) is 37.4 Å². The minimum atomic E-state index is 0.247. The summed E-state index contributed by atoms with van der Waals surface area (Å²) in [5.41, 5.74) is 0.465. The van der Waals surface area contributed by atoms with E-state index in [1.165, 1.54) is 32.2 Å². The summed E-state index contributed by atoms with van der Waals surface area (Å²) in [6.07, 6.45) is 7.08. The summed E-state index contributed by atoms with van der Waals surface area (Å²) in [5.74, 6) is 2.66. The van der Waals surface area contributed by atoms with Gasteiger partial charge in [-0.1, -0.05) is 20.8 Å². The van der Waals surface area contributed by atoms with E-state index < -0.39 is 0 Å². The van der Waals surface area contributed by atoms with Crippen LogP contribution >= 0.6 is 0 Å². The summed E-state index contributed by atoms with van der Waals surface area (Å²) in [4.78, 5) is 6.89. The first kappa shape index (κ1) is 15.9. The second kappa shape index (κ2) is 6.67. The van der Waals surface area contributed by atoms with Gasteiger partial charge < -0.3 is 4.74 Å². The van der Waals surface area contributed by atoms with Gasteiger partial charge in [-0.3, -0.25) is 10.00 Å². The Morgan fingerprint density at radius 1 is 1.27 bits per heavy atom. The first-order valence-electron chi connectivity index (χ1n) is 8.71. The van der Waals surface area contributed by atoms with Crippen molar-refractivity contribution in [3.05, 3.63) is 12.2 Å². The van der Waals surface area contributed by atoms with Crippen molar-refractivity contribution in [2.24, 2.45) is 17.3 Å². The molecule has 1 saturated carbocycles. The van der Waals surface area contributed by atoms with E-state index >= 15 is 0 Å². The molecule has 5 heteroatoms. The van der Waals surface area contributed by atoms with Crippen molar-refractivity contribution < 1.29 is 4.74 Å². The number of aromatic nitrogens is 3. The van der Waals surface area contributed by atoms with Gasteiger partial charge in [0.05, 0.1) is 19.3 Å². The van der Waals surface area contributed by atoms with Crippen LogP contribution in [0.1, 0.15) is 58.3 Å². The minimum Gasteiger partial charge on any atom is -0.378 e. The van der Waals surface area contributed by atoms with Gasteiger partial charge in [-0.25, -0.2) is 4.98 Å². The molecule has 0 amide bonds. The summed E-state index contributed by atoms with van der Waals surface area (Å²) in [5, 5.41) is 7.02. The maximum Gasteiger partial charge on any atom is 0.143 e. The van der Waals surface area contributed by atoms with Gasteiger partial charge in [0.25, 0.3) is 0 Å². The van der Waals surface area contributed by atoms with Crippen LogP contribution in [-0.4, -0.2) is 46.4 Å². The van der Waals surface area contributed by atoms with Crippen LogP contribution in [0.2, 0.25) is 0 Å². The third kappa shape index (κ3) is 3.69. The number of hydrogen-bond acceptors (Lipinski definition) is 4. The van der Waals surface area contributed by atoms with Gasteiger partial charge in [-0.2, -0.15) is 5.10 Å². The molecule has 1 saturated heterocycles. The lowest BCUT2D eigenvalue weighted by Gasteiger charge is -2.41. The smallest absolute Gasteiger partial charge is 0.143 e. The highest BCUT2D eigenvalue weighted by molar-refractivity contribution is 4.95. The second-order valence-corrected chi connectivity index (χ2v) is 8.04. The number of rotatable bonds is 3. The van der Waals surface area contributed by atoms with Gasteiger partial charge in [0.15, 0.2) is 0 Å². The van der Waals surface area contributed by atoms with Crippen LogP contribution in [0.5, 0.6) is 0 Å². The van der Waals surface area contributed by atoms with Crippen molar-refractivity contribution in [1.82, 2.24) is 20.1 Å². The van der Waals surface area contributed by atoms with E-state index in [-0.39, 0.29) is 6.04 Å². The Morgan fingerprint density at radius 3 is 2.68 bits per heavy atom. The van der Waals surface area contributed by atoms with Crippen LogP contribution in [0.15, 0.2) is 6.33 Å². The molecular weight excluding hydrogens is 276 g/mol. The third-order valence-electron chi connectivity index (χ3n) is 5.55. The molecular formula is C17H30N4O. The number of morpholine rings is 1. The molecule has 3 rings (SSSR count). The number of ether oxygens (including phenoxy) is 1. The Hall–Kier alpha value is -0.940. The molecule has 5 nitrogen and oxygen atoms in total. The fourth-order valence-electron chi connectivity index (χ4n) is 4.03. The topological polar surface area (TPSA) is 54.0 Å². The van der Waals surface area contributed by atoms with Crippen LogP contribution in [0.25, 0.3) is 0 Å². The second-order valence-electron chi connectivity index (χ2n) is 8.04. The molecule has 2 heterocycles. The Labute approximate surface area is 133 Å². The molecule has 0 radical (unpaired) electrons. The molecule has 0 spiro atoms. The SMILES string of the molecule is CC(C)(C)C1CCC(CN2CCOCC2c2ncn[nH]2)CC1. The lowest BCUT2D eigenvalue weighted by Crippen LogP contribution is -2.43. The zero-order valence-corrected chi connectivity index (χ0v) is 14.2. The number of H-pyrrole nitrogens is 1. The van der Waals surface area contributed by atoms with Gasteiger partial charge >= 0.3 is 0 Å². The maximum absolute atomic E-state index is 5.66. The average molecular weight is 306 g/mol. The van der Waals surface area contributed by atoms with Gasteiger partial charge in [-0.05, 0) is 42.9 Å². The van der Waals surface area contributed by atoms with Gasteiger partial charge in [0.2, 0.25) is 0 Å². The highest BCUT2D eigenvalue weighted by Crippen LogP contribution is 2.40. The minimum absolute atomic E-state index is 0.247. The Bertz CT molecular complexity index is 446. The van der Waals surface area contributed by atoms with Crippen molar-refractivity contribution in [2.45, 2.75) is 52.5 Å².